The van der Waals surface area contributed by atoms with E-state index in [-0.39, 0.29) is 0 Å². The highest BCUT2D eigenvalue weighted by molar-refractivity contribution is 6.29. The molecular weight excluding hydrogens is 174 g/mol. The summed E-state index contributed by atoms with van der Waals surface area (Å²) in [6.45, 7) is 4.19. The Balaban J connectivity index is 2.63. The summed E-state index contributed by atoms with van der Waals surface area (Å²) < 4.78 is 0. The smallest absolute Gasteiger partial charge is 0.149 e. The monoisotopic (exact) mass is 185 g/mol. The fourth-order valence-electron chi connectivity index (χ4n) is 0.766. The topological polar surface area (TPSA) is 37.8 Å². The molecule has 1 rings (SSSR count). The van der Waals surface area contributed by atoms with Crippen molar-refractivity contribution in [3.8, 4) is 0 Å². The Labute approximate surface area is 77.2 Å². The Morgan fingerprint density at radius 3 is 2.92 bits per heavy atom. The van der Waals surface area contributed by atoms with E-state index in [0.717, 1.165) is 12.2 Å². The van der Waals surface area contributed by atoms with E-state index in [2.05, 4.69) is 29.1 Å². The third kappa shape index (κ3) is 2.66. The van der Waals surface area contributed by atoms with Crippen LogP contribution in [0.5, 0.6) is 0 Å². The minimum atomic E-state index is 0.401. The molecular formula is C8H12ClN3. The molecule has 0 aliphatic rings. The fraction of sp³-hybridized carbons (Fsp3) is 0.500. The first-order valence-corrected chi connectivity index (χ1v) is 4.34. The predicted octanol–water partition coefficient (Wildman–Crippen LogP) is 2.34. The maximum Gasteiger partial charge on any atom is 0.149 e. The van der Waals surface area contributed by atoms with Gasteiger partial charge < -0.3 is 5.32 Å². The van der Waals surface area contributed by atoms with Gasteiger partial charge in [-0.25, -0.2) is 4.98 Å². The highest BCUT2D eigenvalue weighted by Crippen LogP contribution is 2.08. The SMILES string of the molecule is CC[C@@H](C)Nc1cncc(Cl)n1. The van der Waals surface area contributed by atoms with E-state index >= 15 is 0 Å². The van der Waals surface area contributed by atoms with E-state index < -0.39 is 0 Å². The molecule has 0 bridgehead atoms. The molecule has 0 aliphatic heterocycles. The third-order valence-corrected chi connectivity index (χ3v) is 1.79. The summed E-state index contributed by atoms with van der Waals surface area (Å²) in [7, 11) is 0. The first kappa shape index (κ1) is 9.26. The summed E-state index contributed by atoms with van der Waals surface area (Å²) in [4.78, 5) is 7.97. The molecule has 0 amide bonds. The summed E-state index contributed by atoms with van der Waals surface area (Å²) in [5.41, 5.74) is 0. The van der Waals surface area contributed by atoms with Crippen LogP contribution in [0.3, 0.4) is 0 Å². The Morgan fingerprint density at radius 1 is 1.58 bits per heavy atom. The van der Waals surface area contributed by atoms with Gasteiger partial charge in [0.1, 0.15) is 11.0 Å². The summed E-state index contributed by atoms with van der Waals surface area (Å²) >= 11 is 5.66. The van der Waals surface area contributed by atoms with Crippen molar-refractivity contribution in [1.82, 2.24) is 9.97 Å². The number of anilines is 1. The van der Waals surface area contributed by atoms with Gasteiger partial charge in [0.2, 0.25) is 0 Å². The van der Waals surface area contributed by atoms with E-state index in [9.17, 15) is 0 Å². The second-order valence-electron chi connectivity index (χ2n) is 2.68. The molecule has 0 fully saturated rings. The number of aromatic nitrogens is 2. The van der Waals surface area contributed by atoms with Gasteiger partial charge in [0.05, 0.1) is 12.4 Å². The number of hydrogen-bond donors (Lipinski definition) is 1. The molecule has 1 aromatic heterocycles. The van der Waals surface area contributed by atoms with Gasteiger partial charge in [-0.05, 0) is 13.3 Å². The molecule has 1 aromatic rings. The van der Waals surface area contributed by atoms with E-state index in [1.54, 1.807) is 6.20 Å². The van der Waals surface area contributed by atoms with Gasteiger partial charge in [-0.1, -0.05) is 18.5 Å². The lowest BCUT2D eigenvalue weighted by Crippen LogP contribution is -2.14. The molecule has 1 heterocycles. The quantitative estimate of drug-likeness (QED) is 0.786. The van der Waals surface area contributed by atoms with Crippen LogP contribution in [0.15, 0.2) is 12.4 Å². The highest BCUT2D eigenvalue weighted by atomic mass is 35.5. The van der Waals surface area contributed by atoms with Gasteiger partial charge in [0.15, 0.2) is 0 Å². The zero-order chi connectivity index (χ0) is 8.97. The summed E-state index contributed by atoms with van der Waals surface area (Å²) in [6, 6.07) is 0.401. The van der Waals surface area contributed by atoms with Gasteiger partial charge in [-0.2, -0.15) is 0 Å². The second kappa shape index (κ2) is 4.26. The van der Waals surface area contributed by atoms with E-state index in [0.29, 0.717) is 11.2 Å². The van der Waals surface area contributed by atoms with Crippen molar-refractivity contribution in [2.75, 3.05) is 5.32 Å². The normalized spacial score (nSPS) is 12.6. The second-order valence-corrected chi connectivity index (χ2v) is 3.07. The molecule has 0 saturated heterocycles. The molecule has 0 spiro atoms. The molecule has 3 nitrogen and oxygen atoms in total. The van der Waals surface area contributed by atoms with Crippen LogP contribution >= 0.6 is 11.6 Å². The number of halogens is 1. The van der Waals surface area contributed by atoms with Crippen LogP contribution in [-0.2, 0) is 0 Å². The first-order valence-electron chi connectivity index (χ1n) is 3.96. The zero-order valence-electron chi connectivity index (χ0n) is 7.21. The number of hydrogen-bond acceptors (Lipinski definition) is 3. The summed E-state index contributed by atoms with van der Waals surface area (Å²) in [6.07, 6.45) is 4.23. The maximum absolute atomic E-state index is 5.66. The predicted molar refractivity (Wildman–Crippen MR) is 50.4 cm³/mol. The van der Waals surface area contributed by atoms with Crippen LogP contribution in [0.1, 0.15) is 20.3 Å². The molecule has 1 N–H and O–H groups in total. The van der Waals surface area contributed by atoms with Gasteiger partial charge in [-0.15, -0.1) is 0 Å². The largest absolute Gasteiger partial charge is 0.366 e. The highest BCUT2D eigenvalue weighted by Gasteiger charge is 1.99. The minimum absolute atomic E-state index is 0.401. The molecule has 0 radical (unpaired) electrons. The molecule has 0 aromatic carbocycles. The molecule has 0 unspecified atom stereocenters. The average molecular weight is 186 g/mol. The number of nitrogens with one attached hydrogen (secondary N) is 1. The molecule has 0 aliphatic carbocycles. The molecule has 4 heteroatoms. The third-order valence-electron chi connectivity index (χ3n) is 1.61. The van der Waals surface area contributed by atoms with Gasteiger partial charge in [0.25, 0.3) is 0 Å². The van der Waals surface area contributed by atoms with Crippen LogP contribution in [0.4, 0.5) is 5.82 Å². The Kier molecular flexibility index (Phi) is 3.29. The lowest BCUT2D eigenvalue weighted by molar-refractivity contribution is 0.758. The van der Waals surface area contributed by atoms with Crippen molar-refractivity contribution < 1.29 is 0 Å². The van der Waals surface area contributed by atoms with Crippen LogP contribution in [0, 0.1) is 0 Å². The minimum Gasteiger partial charge on any atom is -0.366 e. The van der Waals surface area contributed by atoms with Crippen molar-refractivity contribution in [1.29, 1.82) is 0 Å². The van der Waals surface area contributed by atoms with Crippen molar-refractivity contribution in [3.05, 3.63) is 17.5 Å². The van der Waals surface area contributed by atoms with Crippen molar-refractivity contribution in [2.24, 2.45) is 0 Å². The van der Waals surface area contributed by atoms with E-state index in [1.807, 2.05) is 0 Å². The van der Waals surface area contributed by atoms with Crippen LogP contribution in [0.25, 0.3) is 0 Å². The lowest BCUT2D eigenvalue weighted by atomic mass is 10.3. The zero-order valence-corrected chi connectivity index (χ0v) is 7.97. The molecule has 66 valence electrons. The summed E-state index contributed by atoms with van der Waals surface area (Å²) in [5.74, 6) is 0.733. The standard InChI is InChI=1S/C8H12ClN3/c1-3-6(2)11-8-5-10-4-7(9)12-8/h4-6H,3H2,1-2H3,(H,11,12)/t6-/m1/s1. The van der Waals surface area contributed by atoms with Crippen LogP contribution < -0.4 is 5.32 Å². The Hall–Kier alpha value is -0.830. The molecule has 1 atom stereocenters. The van der Waals surface area contributed by atoms with Crippen molar-refractivity contribution >= 4 is 17.4 Å². The van der Waals surface area contributed by atoms with E-state index in [4.69, 9.17) is 11.6 Å². The van der Waals surface area contributed by atoms with Gasteiger partial charge >= 0.3 is 0 Å². The van der Waals surface area contributed by atoms with Gasteiger partial charge in [-0.3, -0.25) is 4.98 Å². The Morgan fingerprint density at radius 2 is 2.33 bits per heavy atom. The van der Waals surface area contributed by atoms with E-state index in [1.165, 1.54) is 6.20 Å². The molecule has 12 heavy (non-hydrogen) atoms. The maximum atomic E-state index is 5.66. The Bertz CT molecular complexity index is 252. The molecule has 0 saturated carbocycles. The fourth-order valence-corrected chi connectivity index (χ4v) is 0.914. The first-order chi connectivity index (χ1) is 5.72. The van der Waals surface area contributed by atoms with Gasteiger partial charge in [0, 0.05) is 6.04 Å². The summed E-state index contributed by atoms with van der Waals surface area (Å²) in [5, 5.41) is 3.59. The van der Waals surface area contributed by atoms with Crippen molar-refractivity contribution in [3.63, 3.8) is 0 Å². The lowest BCUT2D eigenvalue weighted by Gasteiger charge is -2.10. The number of rotatable bonds is 3. The van der Waals surface area contributed by atoms with Crippen molar-refractivity contribution in [2.45, 2.75) is 26.3 Å². The van der Waals surface area contributed by atoms with Crippen LogP contribution in [0.2, 0.25) is 5.15 Å². The average Bonchev–Trinajstić information content (AvgIpc) is 2.04. The number of nitrogens with zero attached hydrogens (tertiary/aromatic N) is 2. The van der Waals surface area contributed by atoms with Crippen LogP contribution in [-0.4, -0.2) is 16.0 Å².